The van der Waals surface area contributed by atoms with Crippen molar-refractivity contribution in [3.8, 4) is 0 Å². The van der Waals surface area contributed by atoms with Gasteiger partial charge in [-0.15, -0.1) is 0 Å². The van der Waals surface area contributed by atoms with Crippen molar-refractivity contribution in [3.05, 3.63) is 29.8 Å². The Morgan fingerprint density at radius 3 is 2.63 bits per heavy atom. The van der Waals surface area contributed by atoms with Gasteiger partial charge in [-0.1, -0.05) is 12.2 Å². The number of carbonyl (C=O) groups excluding carboxylic acids is 1. The average Bonchev–Trinajstić information content (AvgIpc) is 3.20. The standard InChI is InChI=1S/C14H18N2O2S/c1-9(18-8-10-2-3-10)14(17)16-12-6-4-11(5-7-12)13(15)19/h4-7,9-10H,2-3,8H2,1H3,(H2,15,19)(H,16,17). The molecule has 102 valence electrons. The number of benzene rings is 1. The second-order valence-electron chi connectivity index (χ2n) is 4.85. The van der Waals surface area contributed by atoms with Crippen molar-refractivity contribution in [2.24, 2.45) is 11.7 Å². The number of amides is 1. The number of thiocarbonyl (C=S) groups is 1. The van der Waals surface area contributed by atoms with Gasteiger partial charge in [-0.05, 0) is 49.9 Å². The smallest absolute Gasteiger partial charge is 0.253 e. The lowest BCUT2D eigenvalue weighted by atomic mass is 10.2. The minimum absolute atomic E-state index is 0.135. The van der Waals surface area contributed by atoms with Crippen LogP contribution >= 0.6 is 12.2 Å². The van der Waals surface area contributed by atoms with E-state index in [2.05, 4.69) is 5.32 Å². The molecule has 1 unspecified atom stereocenters. The zero-order valence-electron chi connectivity index (χ0n) is 10.9. The molecule has 3 N–H and O–H groups in total. The fraction of sp³-hybridized carbons (Fsp3) is 0.429. The number of rotatable bonds is 6. The molecule has 1 amide bonds. The molecule has 1 atom stereocenters. The molecule has 2 rings (SSSR count). The molecule has 0 aliphatic heterocycles. The highest BCUT2D eigenvalue weighted by molar-refractivity contribution is 7.80. The van der Waals surface area contributed by atoms with E-state index in [1.54, 1.807) is 31.2 Å². The summed E-state index contributed by atoms with van der Waals surface area (Å²) in [5, 5.41) is 2.80. The van der Waals surface area contributed by atoms with Crippen molar-refractivity contribution in [3.63, 3.8) is 0 Å². The molecule has 0 aromatic heterocycles. The molecule has 0 bridgehead atoms. The SMILES string of the molecule is CC(OCC1CC1)C(=O)Nc1ccc(C(N)=S)cc1. The number of hydrogen-bond acceptors (Lipinski definition) is 3. The van der Waals surface area contributed by atoms with Gasteiger partial charge in [0.15, 0.2) is 0 Å². The Hall–Kier alpha value is -1.46. The molecular formula is C14H18N2O2S. The molecule has 0 radical (unpaired) electrons. The Labute approximate surface area is 118 Å². The summed E-state index contributed by atoms with van der Waals surface area (Å²) in [5.41, 5.74) is 7.01. The van der Waals surface area contributed by atoms with E-state index in [9.17, 15) is 4.79 Å². The fourth-order valence-electron chi connectivity index (χ4n) is 1.60. The van der Waals surface area contributed by atoms with Gasteiger partial charge in [0, 0.05) is 11.3 Å². The highest BCUT2D eigenvalue weighted by atomic mass is 32.1. The van der Waals surface area contributed by atoms with E-state index in [4.69, 9.17) is 22.7 Å². The molecule has 1 aromatic rings. The number of carbonyl (C=O) groups is 1. The molecule has 19 heavy (non-hydrogen) atoms. The van der Waals surface area contributed by atoms with Crippen molar-refractivity contribution in [1.29, 1.82) is 0 Å². The third-order valence-corrected chi connectivity index (χ3v) is 3.32. The van der Waals surface area contributed by atoms with Gasteiger partial charge in [0.05, 0.1) is 6.61 Å². The van der Waals surface area contributed by atoms with E-state index >= 15 is 0 Å². The average molecular weight is 278 g/mol. The normalized spacial score (nSPS) is 15.8. The van der Waals surface area contributed by atoms with Crippen LogP contribution in [0.5, 0.6) is 0 Å². The van der Waals surface area contributed by atoms with Crippen LogP contribution in [-0.4, -0.2) is 23.6 Å². The van der Waals surface area contributed by atoms with Crippen LogP contribution in [0, 0.1) is 5.92 Å². The van der Waals surface area contributed by atoms with Crippen LogP contribution < -0.4 is 11.1 Å². The van der Waals surface area contributed by atoms with Gasteiger partial charge in [-0.25, -0.2) is 0 Å². The number of ether oxygens (including phenoxy) is 1. The second-order valence-corrected chi connectivity index (χ2v) is 5.29. The summed E-state index contributed by atoms with van der Waals surface area (Å²) in [6.07, 6.45) is 2.00. The highest BCUT2D eigenvalue weighted by Gasteiger charge is 2.24. The van der Waals surface area contributed by atoms with Gasteiger partial charge in [0.2, 0.25) is 0 Å². The maximum absolute atomic E-state index is 11.9. The molecule has 1 saturated carbocycles. The van der Waals surface area contributed by atoms with E-state index in [-0.39, 0.29) is 5.91 Å². The molecule has 0 saturated heterocycles. The molecule has 5 heteroatoms. The third-order valence-electron chi connectivity index (χ3n) is 3.09. The maximum atomic E-state index is 11.9. The minimum atomic E-state index is -0.434. The van der Waals surface area contributed by atoms with Crippen LogP contribution in [0.4, 0.5) is 5.69 Å². The van der Waals surface area contributed by atoms with E-state index in [1.807, 2.05) is 0 Å². The van der Waals surface area contributed by atoms with Crippen molar-refractivity contribution in [1.82, 2.24) is 0 Å². The van der Waals surface area contributed by atoms with Gasteiger partial charge in [-0.2, -0.15) is 0 Å². The monoisotopic (exact) mass is 278 g/mol. The summed E-state index contributed by atoms with van der Waals surface area (Å²) in [7, 11) is 0. The predicted molar refractivity (Wildman–Crippen MR) is 79.1 cm³/mol. The van der Waals surface area contributed by atoms with Crippen LogP contribution in [0.25, 0.3) is 0 Å². The summed E-state index contributed by atoms with van der Waals surface area (Å²) in [6, 6.07) is 7.13. The lowest BCUT2D eigenvalue weighted by Gasteiger charge is -2.13. The second kappa shape index (κ2) is 6.12. The molecule has 1 fully saturated rings. The van der Waals surface area contributed by atoms with Crippen LogP contribution in [0.2, 0.25) is 0 Å². The maximum Gasteiger partial charge on any atom is 0.253 e. The molecule has 0 heterocycles. The van der Waals surface area contributed by atoms with Crippen molar-refractivity contribution in [2.75, 3.05) is 11.9 Å². The molecular weight excluding hydrogens is 260 g/mol. The Morgan fingerprint density at radius 1 is 1.47 bits per heavy atom. The zero-order chi connectivity index (χ0) is 13.8. The van der Waals surface area contributed by atoms with Crippen molar-refractivity contribution >= 4 is 28.8 Å². The molecule has 4 nitrogen and oxygen atoms in total. The van der Waals surface area contributed by atoms with Crippen LogP contribution in [0.1, 0.15) is 25.3 Å². The Balaban J connectivity index is 1.84. The van der Waals surface area contributed by atoms with E-state index in [1.165, 1.54) is 12.8 Å². The summed E-state index contributed by atoms with van der Waals surface area (Å²) in [5.74, 6) is 0.517. The first-order valence-electron chi connectivity index (χ1n) is 6.38. The molecule has 1 aliphatic rings. The first-order chi connectivity index (χ1) is 9.06. The van der Waals surface area contributed by atoms with Crippen LogP contribution in [-0.2, 0) is 9.53 Å². The third kappa shape index (κ3) is 4.29. The van der Waals surface area contributed by atoms with Gasteiger partial charge in [-0.3, -0.25) is 4.79 Å². The summed E-state index contributed by atoms with van der Waals surface area (Å²) >= 11 is 4.87. The Bertz CT molecular complexity index is 469. The van der Waals surface area contributed by atoms with E-state index < -0.39 is 6.10 Å². The summed E-state index contributed by atoms with van der Waals surface area (Å²) in [4.78, 5) is 12.2. The summed E-state index contributed by atoms with van der Waals surface area (Å²) < 4.78 is 5.51. The van der Waals surface area contributed by atoms with E-state index in [0.717, 1.165) is 5.56 Å². The van der Waals surface area contributed by atoms with Crippen molar-refractivity contribution in [2.45, 2.75) is 25.9 Å². The van der Waals surface area contributed by atoms with Crippen LogP contribution in [0.15, 0.2) is 24.3 Å². The molecule has 1 aliphatic carbocycles. The van der Waals surface area contributed by atoms with Gasteiger partial charge >= 0.3 is 0 Å². The topological polar surface area (TPSA) is 64.3 Å². The van der Waals surface area contributed by atoms with Gasteiger partial charge < -0.3 is 15.8 Å². The lowest BCUT2D eigenvalue weighted by Crippen LogP contribution is -2.28. The Kier molecular flexibility index (Phi) is 4.50. The Morgan fingerprint density at radius 2 is 2.11 bits per heavy atom. The fourth-order valence-corrected chi connectivity index (χ4v) is 1.74. The van der Waals surface area contributed by atoms with Crippen LogP contribution in [0.3, 0.4) is 0 Å². The summed E-state index contributed by atoms with van der Waals surface area (Å²) in [6.45, 7) is 2.44. The van der Waals surface area contributed by atoms with E-state index in [0.29, 0.717) is 23.2 Å². The number of hydrogen-bond donors (Lipinski definition) is 2. The predicted octanol–water partition coefficient (Wildman–Crippen LogP) is 2.07. The van der Waals surface area contributed by atoms with Gasteiger partial charge in [0.25, 0.3) is 5.91 Å². The highest BCUT2D eigenvalue weighted by Crippen LogP contribution is 2.29. The largest absolute Gasteiger partial charge is 0.389 e. The minimum Gasteiger partial charge on any atom is -0.389 e. The quantitative estimate of drug-likeness (QED) is 0.782. The molecule has 1 aromatic carbocycles. The lowest BCUT2D eigenvalue weighted by molar-refractivity contribution is -0.126. The van der Waals surface area contributed by atoms with Gasteiger partial charge in [0.1, 0.15) is 11.1 Å². The first-order valence-corrected chi connectivity index (χ1v) is 6.79. The first kappa shape index (κ1) is 14.0. The number of nitrogens with one attached hydrogen (secondary N) is 1. The number of anilines is 1. The zero-order valence-corrected chi connectivity index (χ0v) is 11.7. The van der Waals surface area contributed by atoms with Crippen molar-refractivity contribution < 1.29 is 9.53 Å². The number of nitrogens with two attached hydrogens (primary N) is 1. The molecule has 0 spiro atoms.